The highest BCUT2D eigenvalue weighted by molar-refractivity contribution is 7.89. The molecular weight excluding hydrogens is 440 g/mol. The molecule has 0 bridgehead atoms. The van der Waals surface area contributed by atoms with E-state index in [2.05, 4.69) is 36.8 Å². The number of nitrogens with one attached hydrogen (secondary N) is 2. The Morgan fingerprint density at radius 1 is 1.13 bits per heavy atom. The molecule has 1 aromatic carbocycles. The summed E-state index contributed by atoms with van der Waals surface area (Å²) in [5, 5.41) is 3.34. The van der Waals surface area contributed by atoms with Crippen molar-refractivity contribution in [3.05, 3.63) is 65.0 Å². The van der Waals surface area contributed by atoms with Crippen LogP contribution in [0.2, 0.25) is 0 Å². The van der Waals surface area contributed by atoms with Crippen molar-refractivity contribution in [3.63, 3.8) is 0 Å². The first-order valence-corrected chi connectivity index (χ1v) is 11.6. The van der Waals surface area contributed by atoms with Gasteiger partial charge in [0.1, 0.15) is 0 Å². The number of carbonyl (C=O) groups is 1. The molecular formula is C21H29ClN4O4S. The number of pyridine rings is 1. The number of sulfonamides is 1. The monoisotopic (exact) mass is 468 g/mol. The molecule has 1 saturated heterocycles. The molecule has 0 spiro atoms. The Kier molecular flexibility index (Phi) is 9.86. The molecule has 0 unspecified atom stereocenters. The van der Waals surface area contributed by atoms with Gasteiger partial charge in [0, 0.05) is 38.9 Å². The van der Waals surface area contributed by atoms with Gasteiger partial charge in [-0.25, -0.2) is 17.9 Å². The minimum absolute atomic E-state index is 0. The number of hydrogen-bond donors (Lipinski definition) is 2. The first kappa shape index (κ1) is 25.2. The van der Waals surface area contributed by atoms with E-state index in [4.69, 9.17) is 0 Å². The number of nitrogens with zero attached hydrogens (tertiary/aromatic N) is 2. The summed E-state index contributed by atoms with van der Waals surface area (Å²) in [5.41, 5.74) is 3.08. The maximum atomic E-state index is 12.3. The van der Waals surface area contributed by atoms with Crippen LogP contribution in [-0.4, -0.2) is 63.3 Å². The lowest BCUT2D eigenvalue weighted by Gasteiger charge is -2.27. The third-order valence-corrected chi connectivity index (χ3v) is 6.34. The number of ether oxygens (including phenoxy) is 1. The van der Waals surface area contributed by atoms with E-state index in [1.165, 1.54) is 18.9 Å². The van der Waals surface area contributed by atoms with Gasteiger partial charge in [-0.05, 0) is 29.7 Å². The van der Waals surface area contributed by atoms with Gasteiger partial charge in [-0.15, -0.1) is 12.4 Å². The van der Waals surface area contributed by atoms with Crippen LogP contribution in [0, 0.1) is 0 Å². The van der Waals surface area contributed by atoms with Crippen LogP contribution in [0.3, 0.4) is 0 Å². The number of aryl methyl sites for hydroxylation is 1. The largest absolute Gasteiger partial charge is 0.465 e. The first-order chi connectivity index (χ1) is 14.4. The molecule has 1 aliphatic heterocycles. The summed E-state index contributed by atoms with van der Waals surface area (Å²) in [7, 11) is -2.14. The van der Waals surface area contributed by atoms with E-state index in [0.717, 1.165) is 38.3 Å². The van der Waals surface area contributed by atoms with Crippen molar-refractivity contribution in [2.75, 3.05) is 39.0 Å². The summed E-state index contributed by atoms with van der Waals surface area (Å²) < 4.78 is 31.8. The molecule has 8 nitrogen and oxygen atoms in total. The number of esters is 1. The van der Waals surface area contributed by atoms with Crippen molar-refractivity contribution in [2.45, 2.75) is 19.5 Å². The van der Waals surface area contributed by atoms with E-state index in [1.807, 2.05) is 12.1 Å². The first-order valence-electron chi connectivity index (χ1n) is 9.97. The summed E-state index contributed by atoms with van der Waals surface area (Å²) in [5.74, 6) is -0.474. The van der Waals surface area contributed by atoms with Crippen LogP contribution >= 0.6 is 12.4 Å². The SMILES string of the molecule is COC(=O)c1ccc(CNS(=O)(=O)CCc2ccc(CN3CCNCC3)cc2)nc1.Cl. The molecule has 2 aromatic rings. The normalized spacial score (nSPS) is 14.6. The van der Waals surface area contributed by atoms with Gasteiger partial charge in [0.2, 0.25) is 10.0 Å². The van der Waals surface area contributed by atoms with Gasteiger partial charge in [-0.1, -0.05) is 24.3 Å². The summed E-state index contributed by atoms with van der Waals surface area (Å²) >= 11 is 0. The Morgan fingerprint density at radius 3 is 2.42 bits per heavy atom. The Hall–Kier alpha value is -2.04. The summed E-state index contributed by atoms with van der Waals surface area (Å²) in [6.07, 6.45) is 1.81. The molecule has 31 heavy (non-hydrogen) atoms. The average molecular weight is 469 g/mol. The number of benzene rings is 1. The smallest absolute Gasteiger partial charge is 0.339 e. The van der Waals surface area contributed by atoms with Crippen molar-refractivity contribution in [2.24, 2.45) is 0 Å². The predicted molar refractivity (Wildman–Crippen MR) is 122 cm³/mol. The van der Waals surface area contributed by atoms with E-state index in [0.29, 0.717) is 17.7 Å². The second kappa shape index (κ2) is 12.1. The number of hydrogen-bond acceptors (Lipinski definition) is 7. The van der Waals surface area contributed by atoms with Crippen LogP contribution < -0.4 is 10.0 Å². The second-order valence-corrected chi connectivity index (χ2v) is 9.19. The lowest BCUT2D eigenvalue weighted by molar-refractivity contribution is 0.0600. The molecule has 1 aromatic heterocycles. The zero-order valence-electron chi connectivity index (χ0n) is 17.5. The lowest BCUT2D eigenvalue weighted by Crippen LogP contribution is -2.42. The number of aromatic nitrogens is 1. The van der Waals surface area contributed by atoms with Gasteiger partial charge >= 0.3 is 5.97 Å². The molecule has 170 valence electrons. The van der Waals surface area contributed by atoms with Gasteiger partial charge < -0.3 is 10.1 Å². The number of methoxy groups -OCH3 is 1. The van der Waals surface area contributed by atoms with Gasteiger partial charge in [-0.2, -0.15) is 0 Å². The fourth-order valence-corrected chi connectivity index (χ4v) is 4.23. The van der Waals surface area contributed by atoms with E-state index in [9.17, 15) is 13.2 Å². The Labute approximate surface area is 189 Å². The fraction of sp³-hybridized carbons (Fsp3) is 0.429. The zero-order valence-corrected chi connectivity index (χ0v) is 19.2. The average Bonchev–Trinajstić information content (AvgIpc) is 2.78. The quantitative estimate of drug-likeness (QED) is 0.536. The molecule has 0 radical (unpaired) electrons. The Morgan fingerprint density at radius 2 is 1.81 bits per heavy atom. The predicted octanol–water partition coefficient (Wildman–Crippen LogP) is 1.36. The minimum Gasteiger partial charge on any atom is -0.465 e. The molecule has 0 saturated carbocycles. The highest BCUT2D eigenvalue weighted by Crippen LogP contribution is 2.10. The third-order valence-electron chi connectivity index (χ3n) is 5.02. The van der Waals surface area contributed by atoms with Crippen LogP contribution in [0.1, 0.15) is 27.2 Å². The third kappa shape index (κ3) is 8.19. The molecule has 2 N–H and O–H groups in total. The van der Waals surface area contributed by atoms with Crippen LogP contribution in [0.15, 0.2) is 42.6 Å². The van der Waals surface area contributed by atoms with Crippen LogP contribution in [0.25, 0.3) is 0 Å². The maximum absolute atomic E-state index is 12.3. The molecule has 0 amide bonds. The molecule has 1 fully saturated rings. The second-order valence-electron chi connectivity index (χ2n) is 7.26. The number of rotatable bonds is 9. The van der Waals surface area contributed by atoms with Crippen molar-refractivity contribution in [3.8, 4) is 0 Å². The topological polar surface area (TPSA) is 101 Å². The number of piperazine rings is 1. The van der Waals surface area contributed by atoms with Crippen LogP contribution in [0.5, 0.6) is 0 Å². The van der Waals surface area contributed by atoms with E-state index < -0.39 is 16.0 Å². The fourth-order valence-electron chi connectivity index (χ4n) is 3.21. The summed E-state index contributed by atoms with van der Waals surface area (Å²) in [4.78, 5) is 17.9. The molecule has 0 atom stereocenters. The van der Waals surface area contributed by atoms with Crippen LogP contribution in [0.4, 0.5) is 0 Å². The molecule has 3 rings (SSSR count). The minimum atomic E-state index is -3.44. The summed E-state index contributed by atoms with van der Waals surface area (Å²) in [6, 6.07) is 11.3. The maximum Gasteiger partial charge on any atom is 0.339 e. The van der Waals surface area contributed by atoms with Crippen molar-refractivity contribution < 1.29 is 17.9 Å². The van der Waals surface area contributed by atoms with Crippen molar-refractivity contribution in [1.29, 1.82) is 0 Å². The standard InChI is InChI=1S/C21H28N4O4S.ClH/c1-29-21(26)19-6-7-20(23-14-19)15-24-30(27,28)13-8-17-2-4-18(5-3-17)16-25-11-9-22-10-12-25;/h2-7,14,22,24H,8-13,15-16H2,1H3;1H. The van der Waals surface area contributed by atoms with Crippen molar-refractivity contribution in [1.82, 2.24) is 19.9 Å². The van der Waals surface area contributed by atoms with E-state index in [-0.39, 0.29) is 24.7 Å². The molecule has 1 aliphatic rings. The van der Waals surface area contributed by atoms with Crippen LogP contribution in [-0.2, 0) is 34.3 Å². The Bertz CT molecular complexity index is 931. The zero-order chi connectivity index (χ0) is 21.4. The van der Waals surface area contributed by atoms with Gasteiger partial charge in [0.25, 0.3) is 0 Å². The number of carbonyl (C=O) groups excluding carboxylic acids is 1. The molecule has 10 heteroatoms. The highest BCUT2D eigenvalue weighted by atomic mass is 35.5. The molecule has 0 aliphatic carbocycles. The van der Waals surface area contributed by atoms with Gasteiger partial charge in [0.15, 0.2) is 0 Å². The van der Waals surface area contributed by atoms with E-state index in [1.54, 1.807) is 12.1 Å². The lowest BCUT2D eigenvalue weighted by atomic mass is 10.1. The highest BCUT2D eigenvalue weighted by Gasteiger charge is 2.13. The Balaban J connectivity index is 0.00000341. The van der Waals surface area contributed by atoms with Gasteiger partial charge in [0.05, 0.1) is 30.7 Å². The van der Waals surface area contributed by atoms with Gasteiger partial charge in [-0.3, -0.25) is 9.88 Å². The van der Waals surface area contributed by atoms with E-state index >= 15 is 0 Å². The number of halogens is 1. The van der Waals surface area contributed by atoms with Crippen molar-refractivity contribution >= 4 is 28.4 Å². The summed E-state index contributed by atoms with van der Waals surface area (Å²) in [6.45, 7) is 5.14. The molecule has 2 heterocycles.